The van der Waals surface area contributed by atoms with Crippen LogP contribution in [-0.4, -0.2) is 43.9 Å². The SMILES string of the molecule is CCNS(=O)(=O)CCNC(=O)C(C)(C)O. The molecule has 90 valence electrons. The molecule has 0 rings (SSSR count). The third kappa shape index (κ3) is 6.43. The second kappa shape index (κ2) is 5.43. The van der Waals surface area contributed by atoms with Crippen molar-refractivity contribution in [2.75, 3.05) is 18.8 Å². The molecular weight excluding hydrogens is 220 g/mol. The van der Waals surface area contributed by atoms with E-state index in [2.05, 4.69) is 10.0 Å². The van der Waals surface area contributed by atoms with Gasteiger partial charge in [-0.25, -0.2) is 13.1 Å². The summed E-state index contributed by atoms with van der Waals surface area (Å²) in [5.41, 5.74) is -1.48. The quantitative estimate of drug-likeness (QED) is 0.542. The fraction of sp³-hybridized carbons (Fsp3) is 0.875. The number of rotatable bonds is 6. The smallest absolute Gasteiger partial charge is 0.251 e. The van der Waals surface area contributed by atoms with Gasteiger partial charge in [-0.1, -0.05) is 6.92 Å². The summed E-state index contributed by atoms with van der Waals surface area (Å²) >= 11 is 0. The second-order valence-electron chi connectivity index (χ2n) is 3.63. The molecule has 1 amide bonds. The zero-order valence-electron chi connectivity index (χ0n) is 9.20. The summed E-state index contributed by atoms with van der Waals surface area (Å²) < 4.78 is 24.6. The number of amides is 1. The Balaban J connectivity index is 3.96. The van der Waals surface area contributed by atoms with Crippen molar-refractivity contribution in [3.8, 4) is 0 Å². The maximum atomic E-state index is 11.1. The largest absolute Gasteiger partial charge is 0.381 e. The molecule has 3 N–H and O–H groups in total. The van der Waals surface area contributed by atoms with Gasteiger partial charge in [-0.15, -0.1) is 0 Å². The molecule has 7 heteroatoms. The molecule has 15 heavy (non-hydrogen) atoms. The van der Waals surface area contributed by atoms with Crippen molar-refractivity contribution in [2.45, 2.75) is 26.4 Å². The van der Waals surface area contributed by atoms with Gasteiger partial charge in [-0.05, 0) is 13.8 Å². The molecular formula is C8H18N2O4S. The summed E-state index contributed by atoms with van der Waals surface area (Å²) in [5, 5.41) is 11.6. The first-order chi connectivity index (χ1) is 6.69. The molecule has 0 saturated carbocycles. The van der Waals surface area contributed by atoms with Crippen LogP contribution in [0.5, 0.6) is 0 Å². The van der Waals surface area contributed by atoms with Gasteiger partial charge in [-0.3, -0.25) is 4.79 Å². The van der Waals surface area contributed by atoms with Gasteiger partial charge in [0, 0.05) is 13.1 Å². The van der Waals surface area contributed by atoms with Crippen molar-refractivity contribution in [2.24, 2.45) is 0 Å². The van der Waals surface area contributed by atoms with Gasteiger partial charge in [0.05, 0.1) is 5.75 Å². The van der Waals surface area contributed by atoms with Gasteiger partial charge < -0.3 is 10.4 Å². The standard InChI is InChI=1S/C8H18N2O4S/c1-4-10-15(13,14)6-5-9-7(11)8(2,3)12/h10,12H,4-6H2,1-3H3,(H,9,11). The topological polar surface area (TPSA) is 95.5 Å². The van der Waals surface area contributed by atoms with Crippen LogP contribution < -0.4 is 10.0 Å². The lowest BCUT2D eigenvalue weighted by Crippen LogP contribution is -2.44. The maximum Gasteiger partial charge on any atom is 0.251 e. The maximum absolute atomic E-state index is 11.1. The molecule has 0 fully saturated rings. The molecule has 0 aliphatic heterocycles. The minimum Gasteiger partial charge on any atom is -0.381 e. The minimum absolute atomic E-state index is 0.0157. The fourth-order valence-corrected chi connectivity index (χ4v) is 1.76. The van der Waals surface area contributed by atoms with E-state index in [1.165, 1.54) is 13.8 Å². The summed E-state index contributed by atoms with van der Waals surface area (Å²) in [4.78, 5) is 11.1. The highest BCUT2D eigenvalue weighted by atomic mass is 32.2. The van der Waals surface area contributed by atoms with Crippen LogP contribution in [0.1, 0.15) is 20.8 Å². The van der Waals surface area contributed by atoms with E-state index in [1.54, 1.807) is 6.92 Å². The lowest BCUT2D eigenvalue weighted by molar-refractivity contribution is -0.136. The third-order valence-electron chi connectivity index (χ3n) is 1.58. The number of nitrogens with one attached hydrogen (secondary N) is 2. The van der Waals surface area contributed by atoms with Crippen LogP contribution in [0, 0.1) is 0 Å². The monoisotopic (exact) mass is 238 g/mol. The average molecular weight is 238 g/mol. The fourth-order valence-electron chi connectivity index (χ4n) is 0.807. The first-order valence-corrected chi connectivity index (χ1v) is 6.32. The van der Waals surface area contributed by atoms with E-state index < -0.39 is 21.5 Å². The summed E-state index contributed by atoms with van der Waals surface area (Å²) in [5.74, 6) is -0.781. The number of sulfonamides is 1. The normalized spacial score (nSPS) is 12.5. The molecule has 0 aromatic carbocycles. The van der Waals surface area contributed by atoms with Gasteiger partial charge in [-0.2, -0.15) is 0 Å². The third-order valence-corrected chi connectivity index (χ3v) is 3.05. The molecule has 0 aliphatic carbocycles. The van der Waals surface area contributed by atoms with Crippen molar-refractivity contribution < 1.29 is 18.3 Å². The van der Waals surface area contributed by atoms with Crippen molar-refractivity contribution in [1.82, 2.24) is 10.0 Å². The van der Waals surface area contributed by atoms with Gasteiger partial charge >= 0.3 is 0 Å². The van der Waals surface area contributed by atoms with E-state index >= 15 is 0 Å². The number of hydrogen-bond donors (Lipinski definition) is 3. The van der Waals surface area contributed by atoms with E-state index in [0.29, 0.717) is 6.54 Å². The number of aliphatic hydroxyl groups is 1. The Kier molecular flexibility index (Phi) is 5.19. The van der Waals surface area contributed by atoms with Crippen molar-refractivity contribution in [3.63, 3.8) is 0 Å². The molecule has 0 unspecified atom stereocenters. The molecule has 0 aliphatic rings. The number of carbonyl (C=O) groups excluding carboxylic acids is 1. The Morgan fingerprint density at radius 2 is 1.93 bits per heavy atom. The van der Waals surface area contributed by atoms with Crippen molar-refractivity contribution in [1.29, 1.82) is 0 Å². The summed E-state index contributed by atoms with van der Waals surface area (Å²) in [6, 6.07) is 0. The second-order valence-corrected chi connectivity index (χ2v) is 5.56. The Morgan fingerprint density at radius 3 is 2.33 bits per heavy atom. The number of hydrogen-bond acceptors (Lipinski definition) is 4. The minimum atomic E-state index is -3.32. The molecule has 0 atom stereocenters. The Morgan fingerprint density at radius 1 is 1.40 bits per heavy atom. The average Bonchev–Trinajstić information content (AvgIpc) is 2.01. The predicted octanol–water partition coefficient (Wildman–Crippen LogP) is -1.19. The van der Waals surface area contributed by atoms with Crippen LogP contribution >= 0.6 is 0 Å². The van der Waals surface area contributed by atoms with E-state index in [1.807, 2.05) is 0 Å². The highest BCUT2D eigenvalue weighted by Gasteiger charge is 2.23. The molecule has 0 aromatic heterocycles. The summed E-state index contributed by atoms with van der Waals surface area (Å²) in [6.45, 7) is 4.65. The predicted molar refractivity (Wildman–Crippen MR) is 56.8 cm³/mol. The zero-order valence-corrected chi connectivity index (χ0v) is 10.0. The van der Waals surface area contributed by atoms with Gasteiger partial charge in [0.2, 0.25) is 10.0 Å². The molecule has 0 aromatic rings. The molecule has 0 bridgehead atoms. The van der Waals surface area contributed by atoms with Crippen LogP contribution in [0.25, 0.3) is 0 Å². The highest BCUT2D eigenvalue weighted by Crippen LogP contribution is 1.99. The first-order valence-electron chi connectivity index (χ1n) is 4.67. The number of carbonyl (C=O) groups is 1. The van der Waals surface area contributed by atoms with Crippen LogP contribution in [-0.2, 0) is 14.8 Å². The van der Waals surface area contributed by atoms with Crippen molar-refractivity contribution in [3.05, 3.63) is 0 Å². The van der Waals surface area contributed by atoms with E-state index in [-0.39, 0.29) is 12.3 Å². The Labute approximate surface area is 90.1 Å². The van der Waals surface area contributed by atoms with E-state index in [0.717, 1.165) is 0 Å². The summed E-state index contributed by atoms with van der Waals surface area (Å²) in [7, 11) is -3.32. The Bertz CT molecular complexity index is 305. The van der Waals surface area contributed by atoms with E-state index in [9.17, 15) is 18.3 Å². The molecule has 0 saturated heterocycles. The van der Waals surface area contributed by atoms with Crippen molar-refractivity contribution >= 4 is 15.9 Å². The van der Waals surface area contributed by atoms with Crippen LogP contribution in [0.4, 0.5) is 0 Å². The lowest BCUT2D eigenvalue weighted by atomic mass is 10.1. The zero-order chi connectivity index (χ0) is 12.1. The lowest BCUT2D eigenvalue weighted by Gasteiger charge is -2.16. The van der Waals surface area contributed by atoms with Gasteiger partial charge in [0.15, 0.2) is 0 Å². The molecule has 0 heterocycles. The Hall–Kier alpha value is -0.660. The van der Waals surface area contributed by atoms with E-state index in [4.69, 9.17) is 0 Å². The van der Waals surface area contributed by atoms with Gasteiger partial charge in [0.25, 0.3) is 5.91 Å². The van der Waals surface area contributed by atoms with Crippen LogP contribution in [0.15, 0.2) is 0 Å². The van der Waals surface area contributed by atoms with Crippen LogP contribution in [0.3, 0.4) is 0 Å². The summed E-state index contributed by atoms with van der Waals surface area (Å²) in [6.07, 6.45) is 0. The molecule has 0 radical (unpaired) electrons. The van der Waals surface area contributed by atoms with Crippen LogP contribution in [0.2, 0.25) is 0 Å². The molecule has 0 spiro atoms. The highest BCUT2D eigenvalue weighted by molar-refractivity contribution is 7.89. The first kappa shape index (κ1) is 14.3. The van der Waals surface area contributed by atoms with Gasteiger partial charge in [0.1, 0.15) is 5.60 Å². The molecule has 6 nitrogen and oxygen atoms in total.